The first-order valence-corrected chi connectivity index (χ1v) is 3.00. The Bertz CT molecular complexity index is 47.3. The van der Waals surface area contributed by atoms with Gasteiger partial charge in [-0.2, -0.15) is 3.84 Å². The van der Waals surface area contributed by atoms with E-state index in [-0.39, 0.29) is 6.10 Å². The van der Waals surface area contributed by atoms with Gasteiger partial charge in [-0.3, -0.25) is 0 Å². The minimum atomic E-state index is 0.0648. The van der Waals surface area contributed by atoms with Gasteiger partial charge in [0.15, 0.2) is 0 Å². The zero-order valence-corrected chi connectivity index (χ0v) is 5.82. The van der Waals surface area contributed by atoms with Crippen LogP contribution in [-0.2, 0) is 3.84 Å². The lowest BCUT2D eigenvalue weighted by Gasteiger charge is -2.17. The van der Waals surface area contributed by atoms with Crippen LogP contribution in [0.1, 0.15) is 19.3 Å². The van der Waals surface area contributed by atoms with E-state index in [1.807, 2.05) is 0 Å². The van der Waals surface area contributed by atoms with Crippen molar-refractivity contribution in [2.45, 2.75) is 25.4 Å². The maximum Gasteiger partial charge on any atom is 0.0832 e. The van der Waals surface area contributed by atoms with Crippen molar-refractivity contribution in [3.8, 4) is 0 Å². The average molecular weight is 159 g/mol. The van der Waals surface area contributed by atoms with E-state index in [9.17, 15) is 0 Å². The van der Waals surface area contributed by atoms with Gasteiger partial charge < -0.3 is 5.11 Å². The Morgan fingerprint density at radius 2 is 1.62 bits per heavy atom. The van der Waals surface area contributed by atoms with Crippen LogP contribution in [0, 0.1) is 0 Å². The molecule has 0 heterocycles. The molecule has 1 fully saturated rings. The Morgan fingerprint density at radius 1 is 1.38 bits per heavy atom. The van der Waals surface area contributed by atoms with Crippen molar-refractivity contribution in [1.82, 2.24) is 0 Å². The quantitative estimate of drug-likeness (QED) is 0.584. The Hall–Kier alpha value is 0.500. The maximum absolute atomic E-state index is 8.45. The average Bonchev–Trinajstić information content (AvgIpc) is 1.64. The summed E-state index contributed by atoms with van der Waals surface area (Å²) >= 11 is 8.53. The summed E-state index contributed by atoms with van der Waals surface area (Å²) in [5.74, 6) is 0. The second kappa shape index (κ2) is 5.63. The highest BCUT2D eigenvalue weighted by molar-refractivity contribution is 6.24. The minimum Gasteiger partial charge on any atom is -0.393 e. The lowest BCUT2D eigenvalue weighted by molar-refractivity contribution is 0.0950. The van der Waals surface area contributed by atoms with Gasteiger partial charge in [0.05, 0.1) is 29.8 Å². The molecule has 0 aromatic rings. The standard InChI is InChI=1S/C4H8O.Cl2O/c5-4-2-1-3-4;1-3-2/h4-5H,1-3H2;. The van der Waals surface area contributed by atoms with Crippen LogP contribution >= 0.6 is 23.7 Å². The molecular weight excluding hydrogens is 151 g/mol. The number of hydrogen-bond acceptors (Lipinski definition) is 2. The van der Waals surface area contributed by atoms with Crippen LogP contribution in [0.2, 0.25) is 0 Å². The molecule has 50 valence electrons. The largest absolute Gasteiger partial charge is 0.393 e. The second-order valence-corrected chi connectivity index (χ2v) is 2.11. The lowest BCUT2D eigenvalue weighted by atomic mass is 9.97. The van der Waals surface area contributed by atoms with Crippen LogP contribution in [0.25, 0.3) is 0 Å². The van der Waals surface area contributed by atoms with Gasteiger partial charge in [0.1, 0.15) is 0 Å². The smallest absolute Gasteiger partial charge is 0.0832 e. The Kier molecular flexibility index (Phi) is 5.99. The predicted molar refractivity (Wildman–Crippen MR) is 32.6 cm³/mol. The fraction of sp³-hybridized carbons (Fsp3) is 1.00. The number of rotatable bonds is 0. The molecule has 0 atom stereocenters. The van der Waals surface area contributed by atoms with Gasteiger partial charge in [0, 0.05) is 0 Å². The van der Waals surface area contributed by atoms with E-state index in [1.165, 1.54) is 6.42 Å². The molecule has 1 saturated carbocycles. The zero-order valence-electron chi connectivity index (χ0n) is 4.31. The summed E-state index contributed by atoms with van der Waals surface area (Å²) in [6, 6.07) is 0. The summed E-state index contributed by atoms with van der Waals surface area (Å²) in [6.07, 6.45) is 3.39. The van der Waals surface area contributed by atoms with Crippen molar-refractivity contribution in [3.63, 3.8) is 0 Å². The van der Waals surface area contributed by atoms with Crippen molar-refractivity contribution in [3.05, 3.63) is 0 Å². The van der Waals surface area contributed by atoms with E-state index in [0.717, 1.165) is 12.8 Å². The van der Waals surface area contributed by atoms with Crippen LogP contribution in [0.3, 0.4) is 0 Å². The molecule has 0 aromatic heterocycles. The molecule has 1 aliphatic carbocycles. The van der Waals surface area contributed by atoms with Gasteiger partial charge in [-0.05, 0) is 19.3 Å². The van der Waals surface area contributed by atoms with E-state index in [1.54, 1.807) is 0 Å². The van der Waals surface area contributed by atoms with Crippen LogP contribution < -0.4 is 0 Å². The second-order valence-electron chi connectivity index (χ2n) is 1.64. The normalized spacial score (nSPS) is 18.4. The Morgan fingerprint density at radius 3 is 1.62 bits per heavy atom. The van der Waals surface area contributed by atoms with Crippen molar-refractivity contribution < 1.29 is 8.95 Å². The van der Waals surface area contributed by atoms with Crippen molar-refractivity contribution >= 4 is 23.7 Å². The van der Waals surface area contributed by atoms with Crippen LogP contribution in [0.4, 0.5) is 0 Å². The predicted octanol–water partition coefficient (Wildman–Crippen LogP) is 1.84. The minimum absolute atomic E-state index is 0.0648. The molecule has 0 saturated heterocycles. The Balaban J connectivity index is 0.000000145. The van der Waals surface area contributed by atoms with Gasteiger partial charge in [-0.1, -0.05) is 0 Å². The Labute approximate surface area is 58.7 Å². The number of aliphatic hydroxyl groups is 1. The van der Waals surface area contributed by atoms with Gasteiger partial charge in [0.25, 0.3) is 0 Å². The highest BCUT2D eigenvalue weighted by Gasteiger charge is 2.11. The third kappa shape index (κ3) is 4.65. The molecule has 4 heteroatoms. The molecule has 2 nitrogen and oxygen atoms in total. The highest BCUT2D eigenvalue weighted by atomic mass is 35.6. The van der Waals surface area contributed by atoms with Crippen LogP contribution in [0.5, 0.6) is 0 Å². The summed E-state index contributed by atoms with van der Waals surface area (Å²) in [4.78, 5) is 0. The number of aliphatic hydroxyl groups excluding tert-OH is 1. The summed E-state index contributed by atoms with van der Waals surface area (Å²) in [7, 11) is 0. The van der Waals surface area contributed by atoms with Crippen LogP contribution in [0.15, 0.2) is 0 Å². The first-order chi connectivity index (χ1) is 3.81. The molecule has 0 unspecified atom stereocenters. The third-order valence-corrected chi connectivity index (χ3v) is 1.07. The zero-order chi connectivity index (χ0) is 6.41. The third-order valence-electron chi connectivity index (χ3n) is 1.07. The molecule has 1 N–H and O–H groups in total. The first-order valence-electron chi connectivity index (χ1n) is 2.38. The van der Waals surface area contributed by atoms with E-state index in [0.29, 0.717) is 0 Å². The van der Waals surface area contributed by atoms with Gasteiger partial charge in [0.2, 0.25) is 0 Å². The summed E-state index contributed by atoms with van der Waals surface area (Å²) in [5, 5.41) is 8.45. The summed E-state index contributed by atoms with van der Waals surface area (Å²) < 4.78 is 3.19. The SMILES string of the molecule is ClOCl.OC1CCC1. The maximum atomic E-state index is 8.45. The molecule has 0 spiro atoms. The van der Waals surface area contributed by atoms with Crippen molar-refractivity contribution in [2.24, 2.45) is 0 Å². The molecule has 0 radical (unpaired) electrons. The van der Waals surface area contributed by atoms with E-state index < -0.39 is 0 Å². The molecular formula is C4H8Cl2O2. The molecule has 0 amide bonds. The molecule has 0 bridgehead atoms. The summed E-state index contributed by atoms with van der Waals surface area (Å²) in [6.45, 7) is 0. The topological polar surface area (TPSA) is 29.5 Å². The highest BCUT2D eigenvalue weighted by Crippen LogP contribution is 2.16. The molecule has 0 aromatic carbocycles. The van der Waals surface area contributed by atoms with Gasteiger partial charge in [-0.15, -0.1) is 0 Å². The number of hydrogen-bond donors (Lipinski definition) is 1. The van der Waals surface area contributed by atoms with E-state index in [4.69, 9.17) is 5.11 Å². The molecule has 1 aliphatic rings. The van der Waals surface area contributed by atoms with Gasteiger partial charge in [-0.25, -0.2) is 0 Å². The first kappa shape index (κ1) is 8.50. The van der Waals surface area contributed by atoms with Crippen molar-refractivity contribution in [1.29, 1.82) is 0 Å². The van der Waals surface area contributed by atoms with Gasteiger partial charge >= 0.3 is 0 Å². The fourth-order valence-electron chi connectivity index (χ4n) is 0.387. The number of halogens is 2. The fourth-order valence-corrected chi connectivity index (χ4v) is 0.387. The van der Waals surface area contributed by atoms with Crippen molar-refractivity contribution in [2.75, 3.05) is 0 Å². The van der Waals surface area contributed by atoms with Crippen LogP contribution in [-0.4, -0.2) is 11.2 Å². The summed E-state index contributed by atoms with van der Waals surface area (Å²) in [5.41, 5.74) is 0. The molecule has 0 aliphatic heterocycles. The monoisotopic (exact) mass is 158 g/mol. The van der Waals surface area contributed by atoms with E-state index >= 15 is 0 Å². The molecule has 8 heavy (non-hydrogen) atoms. The lowest BCUT2D eigenvalue weighted by Crippen LogP contribution is -2.15. The molecule has 1 rings (SSSR count). The van der Waals surface area contributed by atoms with E-state index in [2.05, 4.69) is 27.6 Å².